The lowest BCUT2D eigenvalue weighted by Crippen LogP contribution is -2.56. The van der Waals surface area contributed by atoms with E-state index in [0.717, 1.165) is 22.3 Å². The molecule has 43 heavy (non-hydrogen) atoms. The van der Waals surface area contributed by atoms with Gasteiger partial charge in [-0.05, 0) is 98.4 Å². The van der Waals surface area contributed by atoms with Crippen molar-refractivity contribution in [3.05, 3.63) is 80.8 Å². The summed E-state index contributed by atoms with van der Waals surface area (Å²) in [6, 6.07) is 14.6. The Kier molecular flexibility index (Phi) is 9.66. The van der Waals surface area contributed by atoms with Crippen molar-refractivity contribution in [3.8, 4) is 11.5 Å². The highest BCUT2D eigenvalue weighted by Crippen LogP contribution is 2.49. The molecule has 1 aliphatic carbocycles. The van der Waals surface area contributed by atoms with Crippen LogP contribution in [0.5, 0.6) is 11.5 Å². The molecule has 1 saturated carbocycles. The molecule has 1 fully saturated rings. The molecule has 2 amide bonds. The van der Waals surface area contributed by atoms with E-state index in [1.54, 1.807) is 24.3 Å². The quantitative estimate of drug-likeness (QED) is 0.243. The Bertz CT molecular complexity index is 1570. The molecule has 3 aromatic carbocycles. The molecular weight excluding hydrogens is 612 g/mol. The van der Waals surface area contributed by atoms with Gasteiger partial charge in [-0.3, -0.25) is 14.4 Å². The fourth-order valence-electron chi connectivity index (χ4n) is 6.04. The molecular formula is C34H39BrN2O6. The molecule has 9 heteroatoms. The number of aliphatic hydroxyl groups is 1. The maximum atomic E-state index is 14.2. The second kappa shape index (κ2) is 12.9. The number of methoxy groups -OCH3 is 1. The molecule has 0 bridgehead atoms. The van der Waals surface area contributed by atoms with Gasteiger partial charge < -0.3 is 25.2 Å². The molecule has 0 spiro atoms. The maximum Gasteiger partial charge on any atom is 0.235 e. The van der Waals surface area contributed by atoms with Gasteiger partial charge in [0.1, 0.15) is 11.7 Å². The number of anilines is 2. The highest BCUT2D eigenvalue weighted by atomic mass is 79.9. The number of hydrogen-bond donors (Lipinski definition) is 3. The van der Waals surface area contributed by atoms with Crippen LogP contribution in [0.15, 0.2) is 53.0 Å². The number of hydrogen-bond acceptors (Lipinski definition) is 6. The summed E-state index contributed by atoms with van der Waals surface area (Å²) in [5.74, 6) is -4.17. The summed E-state index contributed by atoms with van der Waals surface area (Å²) in [6.07, 6.45) is -0.366. The molecule has 0 aliphatic heterocycles. The molecule has 3 aromatic rings. The predicted molar refractivity (Wildman–Crippen MR) is 171 cm³/mol. The number of carbonyl (C=O) groups is 3. The fourth-order valence-corrected chi connectivity index (χ4v) is 6.61. The van der Waals surface area contributed by atoms with Gasteiger partial charge in [-0.1, -0.05) is 35.4 Å². The molecule has 0 radical (unpaired) electrons. The first kappa shape index (κ1) is 32.2. The third kappa shape index (κ3) is 6.78. The van der Waals surface area contributed by atoms with Crippen LogP contribution in [0.1, 0.15) is 54.0 Å². The topological polar surface area (TPSA) is 114 Å². The SMILES string of the molecule is CCOc1c(Br)cc(C2C(C(=O)Nc3ccc(C)cc3C)C(=O)CC(C)(O)C2C(=O)Nc2ccc(C)cc2C)cc1OC. The van der Waals surface area contributed by atoms with E-state index in [2.05, 4.69) is 26.6 Å². The smallest absolute Gasteiger partial charge is 0.235 e. The Morgan fingerprint density at radius 1 is 0.953 bits per heavy atom. The van der Waals surface area contributed by atoms with E-state index < -0.39 is 41.0 Å². The summed E-state index contributed by atoms with van der Waals surface area (Å²) in [7, 11) is 1.49. The number of ether oxygens (including phenoxy) is 2. The van der Waals surface area contributed by atoms with Gasteiger partial charge in [0.05, 0.1) is 29.7 Å². The van der Waals surface area contributed by atoms with Gasteiger partial charge in [0.15, 0.2) is 11.5 Å². The fraction of sp³-hybridized carbons (Fsp3) is 0.382. The number of nitrogens with one attached hydrogen (secondary N) is 2. The number of rotatable bonds is 8. The van der Waals surface area contributed by atoms with E-state index in [0.29, 0.717) is 39.5 Å². The molecule has 3 N–H and O–H groups in total. The van der Waals surface area contributed by atoms with Gasteiger partial charge in [-0.25, -0.2) is 0 Å². The van der Waals surface area contributed by atoms with Gasteiger partial charge in [0, 0.05) is 23.7 Å². The van der Waals surface area contributed by atoms with Crippen molar-refractivity contribution in [1.82, 2.24) is 0 Å². The first-order chi connectivity index (χ1) is 20.3. The Balaban J connectivity index is 1.87. The van der Waals surface area contributed by atoms with Crippen LogP contribution < -0.4 is 20.1 Å². The maximum absolute atomic E-state index is 14.2. The van der Waals surface area contributed by atoms with E-state index in [9.17, 15) is 19.5 Å². The zero-order valence-corrected chi connectivity index (χ0v) is 27.2. The van der Waals surface area contributed by atoms with E-state index in [1.165, 1.54) is 14.0 Å². The lowest BCUT2D eigenvalue weighted by Gasteiger charge is -2.44. The van der Waals surface area contributed by atoms with E-state index in [1.807, 2.05) is 58.9 Å². The molecule has 228 valence electrons. The van der Waals surface area contributed by atoms with E-state index in [4.69, 9.17) is 9.47 Å². The largest absolute Gasteiger partial charge is 0.493 e. The van der Waals surface area contributed by atoms with Crippen LogP contribution >= 0.6 is 15.9 Å². The summed E-state index contributed by atoms with van der Waals surface area (Å²) in [4.78, 5) is 42.0. The first-order valence-corrected chi connectivity index (χ1v) is 15.1. The van der Waals surface area contributed by atoms with Crippen molar-refractivity contribution in [1.29, 1.82) is 0 Å². The van der Waals surface area contributed by atoms with Gasteiger partial charge in [0.2, 0.25) is 11.8 Å². The number of aryl methyl sites for hydroxylation is 4. The van der Waals surface area contributed by atoms with Gasteiger partial charge in [-0.2, -0.15) is 0 Å². The molecule has 4 atom stereocenters. The van der Waals surface area contributed by atoms with Crippen molar-refractivity contribution < 1.29 is 29.0 Å². The number of halogens is 1. The number of carbonyl (C=O) groups excluding carboxylic acids is 3. The summed E-state index contributed by atoms with van der Waals surface area (Å²) in [6.45, 7) is 11.4. The zero-order valence-electron chi connectivity index (χ0n) is 25.6. The number of Topliss-reactive ketones (excluding diaryl/α,β-unsaturated/α-hetero) is 1. The lowest BCUT2D eigenvalue weighted by molar-refractivity contribution is -0.150. The van der Waals surface area contributed by atoms with Crippen LogP contribution in [0, 0.1) is 39.5 Å². The van der Waals surface area contributed by atoms with Crippen molar-refractivity contribution >= 4 is 44.9 Å². The highest BCUT2D eigenvalue weighted by molar-refractivity contribution is 9.10. The zero-order chi connectivity index (χ0) is 31.6. The lowest BCUT2D eigenvalue weighted by atomic mass is 9.61. The predicted octanol–water partition coefficient (Wildman–Crippen LogP) is 6.41. The third-order valence-corrected chi connectivity index (χ3v) is 8.63. The standard InChI is InChI=1S/C34H39BrN2O6/c1-8-43-31-23(35)15-22(16-27(31)42-7)28-29(32(39)36-24-11-9-18(2)13-20(24)4)26(38)17-34(6,41)30(28)33(40)37-25-12-10-19(3)14-21(25)5/h9-16,28-30,41H,8,17H2,1-7H3,(H,36,39)(H,37,40). The Morgan fingerprint density at radius 3 is 2.02 bits per heavy atom. The average molecular weight is 652 g/mol. The van der Waals surface area contributed by atoms with Crippen molar-refractivity contribution in [2.45, 2.75) is 59.5 Å². The Morgan fingerprint density at radius 2 is 1.51 bits per heavy atom. The minimum atomic E-state index is -1.75. The van der Waals surface area contributed by atoms with Crippen LogP contribution in [0.3, 0.4) is 0 Å². The molecule has 0 aromatic heterocycles. The first-order valence-electron chi connectivity index (χ1n) is 14.3. The average Bonchev–Trinajstić information content (AvgIpc) is 2.91. The minimum Gasteiger partial charge on any atom is -0.493 e. The normalized spacial score (nSPS) is 21.7. The van der Waals surface area contributed by atoms with Gasteiger partial charge >= 0.3 is 0 Å². The minimum absolute atomic E-state index is 0.366. The molecule has 0 saturated heterocycles. The number of benzene rings is 3. The molecule has 4 unspecified atom stereocenters. The van der Waals surface area contributed by atoms with Crippen LogP contribution in [0.25, 0.3) is 0 Å². The van der Waals surface area contributed by atoms with Gasteiger partial charge in [-0.15, -0.1) is 0 Å². The molecule has 4 rings (SSSR count). The monoisotopic (exact) mass is 650 g/mol. The van der Waals surface area contributed by atoms with Crippen molar-refractivity contribution in [2.24, 2.45) is 11.8 Å². The molecule has 0 heterocycles. The van der Waals surface area contributed by atoms with Crippen LogP contribution in [0.2, 0.25) is 0 Å². The van der Waals surface area contributed by atoms with E-state index in [-0.39, 0.29) is 6.42 Å². The van der Waals surface area contributed by atoms with Crippen molar-refractivity contribution in [3.63, 3.8) is 0 Å². The second-order valence-electron chi connectivity index (χ2n) is 11.6. The van der Waals surface area contributed by atoms with Crippen LogP contribution in [-0.4, -0.2) is 42.0 Å². The summed E-state index contributed by atoms with van der Waals surface area (Å²) < 4.78 is 11.9. The molecule has 1 aliphatic rings. The summed E-state index contributed by atoms with van der Waals surface area (Å²) in [5.41, 5.74) is 3.65. The van der Waals surface area contributed by atoms with Crippen molar-refractivity contribution in [2.75, 3.05) is 24.4 Å². The molecule has 8 nitrogen and oxygen atoms in total. The van der Waals surface area contributed by atoms with Crippen LogP contribution in [-0.2, 0) is 14.4 Å². The Hall–Kier alpha value is -3.69. The summed E-state index contributed by atoms with van der Waals surface area (Å²) in [5, 5.41) is 17.6. The highest BCUT2D eigenvalue weighted by Gasteiger charge is 2.56. The number of amides is 2. The number of ketones is 1. The Labute approximate surface area is 261 Å². The summed E-state index contributed by atoms with van der Waals surface area (Å²) >= 11 is 3.55. The third-order valence-electron chi connectivity index (χ3n) is 8.04. The van der Waals surface area contributed by atoms with Gasteiger partial charge in [0.25, 0.3) is 0 Å². The van der Waals surface area contributed by atoms with E-state index >= 15 is 0 Å². The van der Waals surface area contributed by atoms with Crippen LogP contribution in [0.4, 0.5) is 11.4 Å². The second-order valence-corrected chi connectivity index (χ2v) is 12.4.